The molecule has 1 aliphatic heterocycles. The number of carbonyl (C=O) groups is 2. The van der Waals surface area contributed by atoms with E-state index in [2.05, 4.69) is 15.3 Å². The number of benzene rings is 1. The molecule has 1 aromatic carbocycles. The lowest BCUT2D eigenvalue weighted by Crippen LogP contribution is -2.49. The van der Waals surface area contributed by atoms with Gasteiger partial charge < -0.3 is 19.9 Å². The third-order valence-corrected chi connectivity index (χ3v) is 5.02. The Kier molecular flexibility index (Phi) is 6.31. The molecule has 1 N–H and O–H groups in total. The van der Waals surface area contributed by atoms with E-state index >= 15 is 0 Å². The van der Waals surface area contributed by atoms with E-state index in [0.717, 1.165) is 16.8 Å². The summed E-state index contributed by atoms with van der Waals surface area (Å²) in [7, 11) is 0. The van der Waals surface area contributed by atoms with Gasteiger partial charge in [-0.15, -0.1) is 0 Å². The van der Waals surface area contributed by atoms with Crippen molar-refractivity contribution in [2.24, 2.45) is 0 Å². The molecule has 0 bridgehead atoms. The predicted octanol–water partition coefficient (Wildman–Crippen LogP) is 2.93. The van der Waals surface area contributed by atoms with E-state index in [-0.39, 0.29) is 12.0 Å². The predicted molar refractivity (Wildman–Crippen MR) is 111 cm³/mol. The number of piperazine rings is 1. The molecule has 29 heavy (non-hydrogen) atoms. The number of aromatic nitrogens is 2. The van der Waals surface area contributed by atoms with Crippen molar-refractivity contribution < 1.29 is 14.3 Å². The van der Waals surface area contributed by atoms with Crippen LogP contribution in [0.1, 0.15) is 34.2 Å². The number of rotatable bonds is 4. The standard InChI is InChI=1S/C21H27N5O3/c1-5-29-21(28)26-11-9-25(10-12-26)20-22-15(3)13-18(24-20)19(27)23-17-8-6-7-14(2)16(17)4/h6-8,13H,5,9-12H2,1-4H3,(H,23,27). The molecule has 154 valence electrons. The smallest absolute Gasteiger partial charge is 0.409 e. The van der Waals surface area contributed by atoms with E-state index in [1.807, 2.05) is 43.9 Å². The van der Waals surface area contributed by atoms with Gasteiger partial charge in [0.2, 0.25) is 5.95 Å². The maximum absolute atomic E-state index is 12.8. The third-order valence-electron chi connectivity index (χ3n) is 5.02. The molecule has 1 saturated heterocycles. The molecule has 8 heteroatoms. The van der Waals surface area contributed by atoms with E-state index < -0.39 is 0 Å². The van der Waals surface area contributed by atoms with Crippen LogP contribution < -0.4 is 10.2 Å². The second-order valence-electron chi connectivity index (χ2n) is 7.07. The number of nitrogens with zero attached hydrogens (tertiary/aromatic N) is 4. The molecule has 0 aliphatic carbocycles. The van der Waals surface area contributed by atoms with Crippen LogP contribution in [0.15, 0.2) is 24.3 Å². The van der Waals surface area contributed by atoms with Crippen LogP contribution in [0.3, 0.4) is 0 Å². The number of carbonyl (C=O) groups excluding carboxylic acids is 2. The lowest BCUT2D eigenvalue weighted by molar-refractivity contribution is 0.102. The van der Waals surface area contributed by atoms with Crippen LogP contribution in [0.2, 0.25) is 0 Å². The number of ether oxygens (including phenoxy) is 1. The molecule has 2 heterocycles. The molecule has 1 fully saturated rings. The van der Waals surface area contributed by atoms with E-state index in [0.29, 0.717) is 50.1 Å². The molecule has 0 unspecified atom stereocenters. The Hall–Kier alpha value is -3.16. The molecule has 0 spiro atoms. The van der Waals surface area contributed by atoms with Crippen molar-refractivity contribution in [1.82, 2.24) is 14.9 Å². The van der Waals surface area contributed by atoms with Crippen LogP contribution in [0, 0.1) is 20.8 Å². The highest BCUT2D eigenvalue weighted by Gasteiger charge is 2.24. The van der Waals surface area contributed by atoms with Crippen molar-refractivity contribution in [1.29, 1.82) is 0 Å². The fourth-order valence-corrected chi connectivity index (χ4v) is 3.19. The van der Waals surface area contributed by atoms with Gasteiger partial charge in [0.15, 0.2) is 0 Å². The fourth-order valence-electron chi connectivity index (χ4n) is 3.19. The Bertz CT molecular complexity index is 907. The van der Waals surface area contributed by atoms with Crippen molar-refractivity contribution in [3.63, 3.8) is 0 Å². The van der Waals surface area contributed by atoms with Crippen LogP contribution >= 0.6 is 0 Å². The van der Waals surface area contributed by atoms with E-state index in [1.165, 1.54) is 0 Å². The monoisotopic (exact) mass is 397 g/mol. The maximum Gasteiger partial charge on any atom is 0.409 e. The average Bonchev–Trinajstić information content (AvgIpc) is 2.71. The number of amides is 2. The third kappa shape index (κ3) is 4.82. The molecule has 1 aliphatic rings. The molecule has 3 rings (SSSR count). The summed E-state index contributed by atoms with van der Waals surface area (Å²) in [6, 6.07) is 7.48. The van der Waals surface area contributed by atoms with Gasteiger partial charge in [-0.05, 0) is 51.0 Å². The second kappa shape index (κ2) is 8.89. The minimum atomic E-state index is -0.300. The Morgan fingerprint density at radius 1 is 1.10 bits per heavy atom. The fraction of sp³-hybridized carbons (Fsp3) is 0.429. The summed E-state index contributed by atoms with van der Waals surface area (Å²) >= 11 is 0. The van der Waals surface area contributed by atoms with Gasteiger partial charge in [0.25, 0.3) is 5.91 Å². The molecular formula is C21H27N5O3. The molecule has 0 saturated carbocycles. The Morgan fingerprint density at radius 3 is 2.52 bits per heavy atom. The zero-order chi connectivity index (χ0) is 21.0. The highest BCUT2D eigenvalue weighted by molar-refractivity contribution is 6.03. The van der Waals surface area contributed by atoms with Crippen LogP contribution in [0.25, 0.3) is 0 Å². The highest BCUT2D eigenvalue weighted by atomic mass is 16.6. The van der Waals surface area contributed by atoms with Crippen LogP contribution in [0.4, 0.5) is 16.4 Å². The zero-order valence-corrected chi connectivity index (χ0v) is 17.4. The first kappa shape index (κ1) is 20.6. The van der Waals surface area contributed by atoms with Gasteiger partial charge in [-0.2, -0.15) is 0 Å². The van der Waals surface area contributed by atoms with E-state index in [9.17, 15) is 9.59 Å². The maximum atomic E-state index is 12.8. The highest BCUT2D eigenvalue weighted by Crippen LogP contribution is 2.20. The largest absolute Gasteiger partial charge is 0.450 e. The number of hydrogen-bond donors (Lipinski definition) is 1. The van der Waals surface area contributed by atoms with Crippen LogP contribution in [-0.2, 0) is 4.74 Å². The van der Waals surface area contributed by atoms with Gasteiger partial charge in [0.05, 0.1) is 6.61 Å². The number of nitrogens with one attached hydrogen (secondary N) is 1. The molecule has 0 radical (unpaired) electrons. The lowest BCUT2D eigenvalue weighted by atomic mass is 10.1. The molecule has 0 atom stereocenters. The summed E-state index contributed by atoms with van der Waals surface area (Å²) in [6.07, 6.45) is -0.300. The van der Waals surface area contributed by atoms with Crippen LogP contribution in [0.5, 0.6) is 0 Å². The van der Waals surface area contributed by atoms with Crippen molar-refractivity contribution in [3.8, 4) is 0 Å². The van der Waals surface area contributed by atoms with Crippen molar-refractivity contribution in [3.05, 3.63) is 46.8 Å². The molecule has 1 aromatic heterocycles. The summed E-state index contributed by atoms with van der Waals surface area (Å²) < 4.78 is 5.05. The summed E-state index contributed by atoms with van der Waals surface area (Å²) in [6.45, 7) is 10.2. The van der Waals surface area contributed by atoms with Gasteiger partial charge in [0.1, 0.15) is 5.69 Å². The molecule has 8 nitrogen and oxygen atoms in total. The van der Waals surface area contributed by atoms with Gasteiger partial charge in [-0.25, -0.2) is 14.8 Å². The lowest BCUT2D eigenvalue weighted by Gasteiger charge is -2.34. The van der Waals surface area contributed by atoms with Crippen molar-refractivity contribution in [2.45, 2.75) is 27.7 Å². The normalized spacial score (nSPS) is 13.9. The average molecular weight is 397 g/mol. The van der Waals surface area contributed by atoms with Gasteiger partial charge in [-0.1, -0.05) is 12.1 Å². The quantitative estimate of drug-likeness (QED) is 0.853. The molecular weight excluding hydrogens is 370 g/mol. The summed E-state index contributed by atoms with van der Waals surface area (Å²) in [4.78, 5) is 37.3. The zero-order valence-electron chi connectivity index (χ0n) is 17.4. The molecule has 2 aromatic rings. The van der Waals surface area contributed by atoms with Crippen LogP contribution in [-0.4, -0.2) is 59.7 Å². The minimum Gasteiger partial charge on any atom is -0.450 e. The SMILES string of the molecule is CCOC(=O)N1CCN(c2nc(C)cc(C(=O)Nc3cccc(C)c3C)n2)CC1. The summed E-state index contributed by atoms with van der Waals surface area (Å²) in [5.41, 5.74) is 3.95. The second-order valence-corrected chi connectivity index (χ2v) is 7.07. The Balaban J connectivity index is 1.72. The number of hydrogen-bond acceptors (Lipinski definition) is 6. The summed E-state index contributed by atoms with van der Waals surface area (Å²) in [5.74, 6) is 0.232. The van der Waals surface area contributed by atoms with Gasteiger partial charge in [0, 0.05) is 37.6 Å². The first-order chi connectivity index (χ1) is 13.9. The number of aryl methyl sites for hydroxylation is 2. The van der Waals surface area contributed by atoms with E-state index in [4.69, 9.17) is 4.74 Å². The summed E-state index contributed by atoms with van der Waals surface area (Å²) in [5, 5.41) is 2.94. The van der Waals surface area contributed by atoms with Crippen molar-refractivity contribution >= 4 is 23.6 Å². The van der Waals surface area contributed by atoms with Gasteiger partial charge >= 0.3 is 6.09 Å². The van der Waals surface area contributed by atoms with Crippen molar-refractivity contribution in [2.75, 3.05) is 43.0 Å². The Morgan fingerprint density at radius 2 is 1.83 bits per heavy atom. The Labute approximate surface area is 170 Å². The minimum absolute atomic E-state index is 0.268. The first-order valence-corrected chi connectivity index (χ1v) is 9.79. The van der Waals surface area contributed by atoms with E-state index in [1.54, 1.807) is 17.9 Å². The first-order valence-electron chi connectivity index (χ1n) is 9.79. The topological polar surface area (TPSA) is 87.7 Å². The molecule has 2 amide bonds. The number of anilines is 2. The van der Waals surface area contributed by atoms with Gasteiger partial charge in [-0.3, -0.25) is 4.79 Å².